The molecule has 4 aliphatic carbocycles. The first-order valence-corrected chi connectivity index (χ1v) is 12.8. The molecule has 0 bridgehead atoms. The molecule has 30 heavy (non-hydrogen) atoms. The van der Waals surface area contributed by atoms with Gasteiger partial charge in [0.1, 0.15) is 0 Å². The zero-order valence-corrected chi connectivity index (χ0v) is 19.4. The third-order valence-electron chi connectivity index (χ3n) is 11.2. The van der Waals surface area contributed by atoms with Crippen LogP contribution < -0.4 is 0 Å². The number of hydrogen-bond donors (Lipinski definition) is 0. The average Bonchev–Trinajstić information content (AvgIpc) is 3.16. The molecular weight excluding hydrogens is 372 g/mol. The summed E-state index contributed by atoms with van der Waals surface area (Å²) in [5.74, 6) is 4.24. The first-order chi connectivity index (χ1) is 14.3. The minimum Gasteiger partial charge on any atom is -0.349 e. The van der Waals surface area contributed by atoms with Crippen LogP contribution in [-0.2, 0) is 14.3 Å². The Morgan fingerprint density at radius 2 is 1.83 bits per heavy atom. The summed E-state index contributed by atoms with van der Waals surface area (Å²) in [5, 5.41) is 0. The highest BCUT2D eigenvalue weighted by Crippen LogP contribution is 2.70. The van der Waals surface area contributed by atoms with Gasteiger partial charge in [0.2, 0.25) is 0 Å². The van der Waals surface area contributed by atoms with Gasteiger partial charge >= 0.3 is 0 Å². The van der Waals surface area contributed by atoms with Crippen molar-refractivity contribution in [2.75, 3.05) is 6.61 Å². The van der Waals surface area contributed by atoms with Gasteiger partial charge in [0.25, 0.3) is 0 Å². The van der Waals surface area contributed by atoms with Gasteiger partial charge in [-0.25, -0.2) is 0 Å². The second kappa shape index (κ2) is 6.44. The molecule has 0 aromatic heterocycles. The fourth-order valence-corrected chi connectivity index (χ4v) is 9.58. The van der Waals surface area contributed by atoms with E-state index in [0.717, 1.165) is 50.0 Å². The van der Waals surface area contributed by atoms with Gasteiger partial charge in [0.15, 0.2) is 11.6 Å². The zero-order chi connectivity index (χ0) is 20.9. The summed E-state index contributed by atoms with van der Waals surface area (Å²) >= 11 is 0. The highest BCUT2D eigenvalue weighted by molar-refractivity contribution is 5.91. The van der Waals surface area contributed by atoms with E-state index in [-0.39, 0.29) is 11.2 Å². The van der Waals surface area contributed by atoms with E-state index in [9.17, 15) is 4.79 Å². The lowest BCUT2D eigenvalue weighted by Crippen LogP contribution is -2.52. The molecule has 2 heterocycles. The van der Waals surface area contributed by atoms with Crippen molar-refractivity contribution in [2.45, 2.75) is 97.4 Å². The van der Waals surface area contributed by atoms with Crippen LogP contribution in [0.15, 0.2) is 11.6 Å². The molecule has 0 amide bonds. The normalized spacial score (nSPS) is 57.4. The van der Waals surface area contributed by atoms with E-state index in [2.05, 4.69) is 27.7 Å². The summed E-state index contributed by atoms with van der Waals surface area (Å²) in [6.45, 7) is 10.7. The van der Waals surface area contributed by atoms with Gasteiger partial charge < -0.3 is 9.47 Å². The Morgan fingerprint density at radius 3 is 2.60 bits per heavy atom. The van der Waals surface area contributed by atoms with Gasteiger partial charge in [-0.05, 0) is 91.4 Å². The van der Waals surface area contributed by atoms with Crippen molar-refractivity contribution in [1.82, 2.24) is 0 Å². The van der Waals surface area contributed by atoms with Crippen LogP contribution in [0, 0.1) is 46.3 Å². The molecule has 6 rings (SSSR count). The molecule has 10 atom stereocenters. The van der Waals surface area contributed by atoms with Crippen LogP contribution in [0.4, 0.5) is 0 Å². The summed E-state index contributed by atoms with van der Waals surface area (Å²) < 4.78 is 13.3. The summed E-state index contributed by atoms with van der Waals surface area (Å²) in [6, 6.07) is 0. The van der Waals surface area contributed by atoms with E-state index in [4.69, 9.17) is 9.47 Å². The maximum atomic E-state index is 12.1. The predicted molar refractivity (Wildman–Crippen MR) is 117 cm³/mol. The molecule has 0 radical (unpaired) electrons. The maximum absolute atomic E-state index is 12.1. The van der Waals surface area contributed by atoms with Crippen molar-refractivity contribution >= 4 is 5.78 Å². The summed E-state index contributed by atoms with van der Waals surface area (Å²) in [4.78, 5) is 12.1. The molecule has 0 unspecified atom stereocenters. The number of ketones is 1. The Morgan fingerprint density at radius 1 is 1.00 bits per heavy atom. The van der Waals surface area contributed by atoms with Crippen LogP contribution in [0.3, 0.4) is 0 Å². The molecule has 0 N–H and O–H groups in total. The van der Waals surface area contributed by atoms with E-state index < -0.39 is 0 Å². The van der Waals surface area contributed by atoms with Crippen molar-refractivity contribution in [2.24, 2.45) is 46.3 Å². The van der Waals surface area contributed by atoms with Gasteiger partial charge in [0.05, 0.1) is 12.7 Å². The van der Waals surface area contributed by atoms with E-state index in [0.29, 0.717) is 35.1 Å². The number of fused-ring (bicyclic) bond motifs is 7. The molecule has 0 aromatic rings. The monoisotopic (exact) mass is 412 g/mol. The van der Waals surface area contributed by atoms with Gasteiger partial charge in [-0.3, -0.25) is 4.79 Å². The molecule has 5 fully saturated rings. The van der Waals surface area contributed by atoms with Crippen molar-refractivity contribution in [3.8, 4) is 0 Å². The lowest BCUT2D eigenvalue weighted by Gasteiger charge is -2.58. The van der Waals surface area contributed by atoms with Crippen LogP contribution >= 0.6 is 0 Å². The standard InChI is InChI=1S/C27H40O3/c1-16-7-12-27(29-15-16)17(2)24-23(30-27)14-22-20-6-5-18-13-19(28)8-10-25(18,3)21(20)9-11-26(22,24)4/h13,16-17,20-24H,5-12,14-15H2,1-4H3/t16-,17-,20+,21-,22-,23-,24-,25-,26-,27+/m0/s1. The summed E-state index contributed by atoms with van der Waals surface area (Å²) in [5.41, 5.74) is 2.14. The molecule has 3 saturated carbocycles. The predicted octanol–water partition coefficient (Wildman–Crippen LogP) is 5.92. The van der Waals surface area contributed by atoms with Crippen LogP contribution in [-0.4, -0.2) is 24.3 Å². The van der Waals surface area contributed by atoms with Crippen LogP contribution in [0.25, 0.3) is 0 Å². The number of rotatable bonds is 0. The lowest BCUT2D eigenvalue weighted by molar-refractivity contribution is -0.272. The SMILES string of the molecule is C[C@H]1CC[C@@]2(OC1)O[C@H]1C[C@H]3[C@@H]4CCC5=CC(=O)CC[C@]5(C)[C@H]4CC[C@]3(C)[C@H]1[C@@H]2C. The first-order valence-electron chi connectivity index (χ1n) is 12.8. The fraction of sp³-hybridized carbons (Fsp3) is 0.889. The Bertz CT molecular complexity index is 777. The van der Waals surface area contributed by atoms with Crippen LogP contribution in [0.5, 0.6) is 0 Å². The van der Waals surface area contributed by atoms with Crippen molar-refractivity contribution in [3.05, 3.63) is 11.6 Å². The van der Waals surface area contributed by atoms with E-state index in [1.165, 1.54) is 37.7 Å². The van der Waals surface area contributed by atoms with Crippen LogP contribution in [0.2, 0.25) is 0 Å². The summed E-state index contributed by atoms with van der Waals surface area (Å²) in [6.07, 6.45) is 12.9. The number of carbonyl (C=O) groups is 1. The Balaban J connectivity index is 1.28. The van der Waals surface area contributed by atoms with Gasteiger partial charge in [-0.1, -0.05) is 33.3 Å². The van der Waals surface area contributed by atoms with E-state index in [1.54, 1.807) is 0 Å². The van der Waals surface area contributed by atoms with E-state index in [1.807, 2.05) is 6.08 Å². The second-order valence-electron chi connectivity index (χ2n) is 12.5. The third-order valence-corrected chi connectivity index (χ3v) is 11.2. The molecule has 2 saturated heterocycles. The van der Waals surface area contributed by atoms with Crippen molar-refractivity contribution < 1.29 is 14.3 Å². The maximum Gasteiger partial charge on any atom is 0.171 e. The average molecular weight is 413 g/mol. The Hall–Kier alpha value is -0.670. The van der Waals surface area contributed by atoms with Crippen molar-refractivity contribution in [1.29, 1.82) is 0 Å². The molecule has 2 aliphatic heterocycles. The smallest absolute Gasteiger partial charge is 0.171 e. The molecule has 1 spiro atoms. The quantitative estimate of drug-likeness (QED) is 0.495. The van der Waals surface area contributed by atoms with Gasteiger partial charge in [0, 0.05) is 18.8 Å². The first kappa shape index (κ1) is 20.0. The number of hydrogen-bond acceptors (Lipinski definition) is 3. The second-order valence-corrected chi connectivity index (χ2v) is 12.5. The lowest BCUT2D eigenvalue weighted by atomic mass is 9.46. The Labute approximate surface area is 182 Å². The molecule has 0 aromatic carbocycles. The third kappa shape index (κ3) is 2.48. The summed E-state index contributed by atoms with van der Waals surface area (Å²) in [7, 11) is 0. The number of allylic oxidation sites excluding steroid dienone is 1. The molecule has 6 aliphatic rings. The number of ether oxygens (including phenoxy) is 2. The molecular formula is C27H40O3. The highest BCUT2D eigenvalue weighted by atomic mass is 16.7. The fourth-order valence-electron chi connectivity index (χ4n) is 9.58. The van der Waals surface area contributed by atoms with E-state index >= 15 is 0 Å². The molecule has 3 nitrogen and oxygen atoms in total. The Kier molecular flexibility index (Phi) is 4.29. The van der Waals surface area contributed by atoms with Gasteiger partial charge in [-0.2, -0.15) is 0 Å². The minimum absolute atomic E-state index is 0.270. The van der Waals surface area contributed by atoms with Crippen LogP contribution in [0.1, 0.15) is 85.5 Å². The zero-order valence-electron chi connectivity index (χ0n) is 19.4. The largest absolute Gasteiger partial charge is 0.349 e. The minimum atomic E-state index is -0.301. The highest BCUT2D eigenvalue weighted by Gasteiger charge is 2.68. The van der Waals surface area contributed by atoms with Crippen molar-refractivity contribution in [3.63, 3.8) is 0 Å². The topological polar surface area (TPSA) is 35.5 Å². The molecule has 3 heteroatoms. The molecule has 166 valence electrons. The van der Waals surface area contributed by atoms with Gasteiger partial charge in [-0.15, -0.1) is 0 Å². The number of carbonyl (C=O) groups excluding carboxylic acids is 1.